The van der Waals surface area contributed by atoms with Gasteiger partial charge < -0.3 is 19.8 Å². The summed E-state index contributed by atoms with van der Waals surface area (Å²) in [6.45, 7) is 5.99. The van der Waals surface area contributed by atoms with Crippen LogP contribution < -0.4 is 4.74 Å². The Bertz CT molecular complexity index is 1010. The second-order valence-electron chi connectivity index (χ2n) is 7.25. The molecule has 1 atom stereocenters. The smallest absolute Gasteiger partial charge is 0.295 e. The minimum Gasteiger partial charge on any atom is -0.508 e. The van der Waals surface area contributed by atoms with Crippen LogP contribution in [0.2, 0.25) is 0 Å². The number of phenols is 1. The van der Waals surface area contributed by atoms with E-state index in [1.165, 1.54) is 24.1 Å². The van der Waals surface area contributed by atoms with E-state index < -0.39 is 17.7 Å². The Morgan fingerprint density at radius 2 is 1.90 bits per heavy atom. The summed E-state index contributed by atoms with van der Waals surface area (Å²) < 4.78 is 5.46. The van der Waals surface area contributed by atoms with Gasteiger partial charge in [-0.1, -0.05) is 25.1 Å². The van der Waals surface area contributed by atoms with E-state index in [1.807, 2.05) is 26.8 Å². The van der Waals surface area contributed by atoms with Gasteiger partial charge in [-0.2, -0.15) is 0 Å². The lowest BCUT2D eigenvalue weighted by molar-refractivity contribution is -0.139. The van der Waals surface area contributed by atoms with Gasteiger partial charge in [0.25, 0.3) is 11.7 Å². The number of aromatic hydroxyl groups is 1. The number of amides is 1. The molecule has 6 nitrogen and oxygen atoms in total. The minimum atomic E-state index is -0.785. The molecule has 0 aliphatic carbocycles. The molecule has 2 aromatic rings. The number of benzene rings is 2. The summed E-state index contributed by atoms with van der Waals surface area (Å²) in [4.78, 5) is 27.1. The van der Waals surface area contributed by atoms with E-state index in [-0.39, 0.29) is 17.1 Å². The van der Waals surface area contributed by atoms with Gasteiger partial charge in [-0.15, -0.1) is 0 Å². The Kier molecular flexibility index (Phi) is 5.64. The topological polar surface area (TPSA) is 87.1 Å². The molecule has 1 amide bonds. The molecule has 0 aromatic heterocycles. The number of carbonyl (C=O) groups excluding carboxylic acids is 2. The van der Waals surface area contributed by atoms with Crippen LogP contribution >= 0.6 is 0 Å². The van der Waals surface area contributed by atoms with Gasteiger partial charge in [-0.3, -0.25) is 9.59 Å². The highest BCUT2D eigenvalue weighted by molar-refractivity contribution is 6.46. The number of rotatable bonds is 5. The zero-order valence-electron chi connectivity index (χ0n) is 17.0. The Morgan fingerprint density at radius 3 is 2.52 bits per heavy atom. The predicted molar refractivity (Wildman–Crippen MR) is 110 cm³/mol. The molecule has 6 heteroatoms. The van der Waals surface area contributed by atoms with Crippen molar-refractivity contribution < 1.29 is 24.5 Å². The summed E-state index contributed by atoms with van der Waals surface area (Å²) in [5.41, 5.74) is 2.62. The molecule has 1 aliphatic heterocycles. The lowest BCUT2D eigenvalue weighted by atomic mass is 9.93. The third-order valence-electron chi connectivity index (χ3n) is 5.07. The molecule has 29 heavy (non-hydrogen) atoms. The molecule has 0 radical (unpaired) electrons. The van der Waals surface area contributed by atoms with Gasteiger partial charge in [0.1, 0.15) is 17.3 Å². The van der Waals surface area contributed by atoms with Crippen molar-refractivity contribution in [3.05, 3.63) is 64.2 Å². The van der Waals surface area contributed by atoms with Gasteiger partial charge in [0.15, 0.2) is 0 Å². The Balaban J connectivity index is 2.29. The second-order valence-corrected chi connectivity index (χ2v) is 7.25. The number of hydrogen-bond donors (Lipinski definition) is 2. The normalized spacial score (nSPS) is 18.3. The first-order chi connectivity index (χ1) is 13.8. The molecule has 0 bridgehead atoms. The number of likely N-dealkylation sites (tertiary alicyclic amines) is 1. The second kappa shape index (κ2) is 7.99. The lowest BCUT2D eigenvalue weighted by Gasteiger charge is -2.25. The number of methoxy groups -OCH3 is 1. The number of hydrogen-bond acceptors (Lipinski definition) is 5. The minimum absolute atomic E-state index is 0.00245. The maximum Gasteiger partial charge on any atom is 0.295 e. The number of nitrogens with zero attached hydrogens (tertiary/aromatic N) is 1. The van der Waals surface area contributed by atoms with E-state index in [0.29, 0.717) is 29.8 Å². The van der Waals surface area contributed by atoms with Gasteiger partial charge in [0.2, 0.25) is 0 Å². The van der Waals surface area contributed by atoms with E-state index >= 15 is 0 Å². The number of ketones is 1. The molecule has 2 aromatic carbocycles. The molecular weight excluding hydrogens is 370 g/mol. The molecular formula is C23H25NO5. The number of carbonyl (C=O) groups is 2. The van der Waals surface area contributed by atoms with Crippen molar-refractivity contribution in [3.8, 4) is 11.5 Å². The molecule has 1 fully saturated rings. The SMILES string of the molecule is CCCN1C(=O)C(=O)/C(=C(/O)c2cc(C)cc(C)c2OC)C1c1cccc(O)c1. The van der Waals surface area contributed by atoms with Crippen LogP contribution in [-0.4, -0.2) is 40.5 Å². The van der Waals surface area contributed by atoms with Crippen LogP contribution in [0.15, 0.2) is 42.0 Å². The van der Waals surface area contributed by atoms with E-state index in [9.17, 15) is 19.8 Å². The van der Waals surface area contributed by atoms with Crippen molar-refractivity contribution in [3.63, 3.8) is 0 Å². The molecule has 0 saturated carbocycles. The van der Waals surface area contributed by atoms with Crippen LogP contribution in [0.5, 0.6) is 11.5 Å². The number of aliphatic hydroxyl groups is 1. The number of aliphatic hydroxyl groups excluding tert-OH is 1. The fraction of sp³-hybridized carbons (Fsp3) is 0.304. The highest BCUT2D eigenvalue weighted by atomic mass is 16.5. The number of ether oxygens (including phenoxy) is 1. The molecule has 2 N–H and O–H groups in total. The van der Waals surface area contributed by atoms with Crippen molar-refractivity contribution >= 4 is 17.4 Å². The zero-order valence-corrected chi connectivity index (χ0v) is 17.0. The quantitative estimate of drug-likeness (QED) is 0.456. The van der Waals surface area contributed by atoms with Gasteiger partial charge in [0, 0.05) is 6.54 Å². The van der Waals surface area contributed by atoms with Crippen LogP contribution in [0, 0.1) is 13.8 Å². The van der Waals surface area contributed by atoms with E-state index in [2.05, 4.69) is 0 Å². The first-order valence-corrected chi connectivity index (χ1v) is 9.53. The van der Waals surface area contributed by atoms with Gasteiger partial charge in [-0.05, 0) is 55.2 Å². The van der Waals surface area contributed by atoms with Gasteiger partial charge in [0.05, 0.1) is 24.3 Å². The molecule has 152 valence electrons. The van der Waals surface area contributed by atoms with Gasteiger partial charge >= 0.3 is 0 Å². The summed E-state index contributed by atoms with van der Waals surface area (Å²) >= 11 is 0. The Morgan fingerprint density at radius 1 is 1.17 bits per heavy atom. The maximum absolute atomic E-state index is 12.9. The highest BCUT2D eigenvalue weighted by Gasteiger charge is 2.46. The fourth-order valence-corrected chi connectivity index (χ4v) is 3.94. The van der Waals surface area contributed by atoms with Crippen LogP contribution in [0.3, 0.4) is 0 Å². The fourth-order valence-electron chi connectivity index (χ4n) is 3.94. The van der Waals surface area contributed by atoms with Crippen LogP contribution in [-0.2, 0) is 9.59 Å². The van der Waals surface area contributed by atoms with Gasteiger partial charge in [-0.25, -0.2) is 0 Å². The molecule has 1 aliphatic rings. The molecule has 1 unspecified atom stereocenters. The molecule has 1 saturated heterocycles. The highest BCUT2D eigenvalue weighted by Crippen LogP contribution is 2.42. The number of phenolic OH excluding ortho intramolecular Hbond substituents is 1. The average molecular weight is 395 g/mol. The summed E-state index contributed by atoms with van der Waals surface area (Å²) in [6, 6.07) is 9.26. The largest absolute Gasteiger partial charge is 0.508 e. The lowest BCUT2D eigenvalue weighted by Crippen LogP contribution is -2.30. The summed E-state index contributed by atoms with van der Waals surface area (Å²) in [5, 5.41) is 21.1. The first-order valence-electron chi connectivity index (χ1n) is 9.53. The van der Waals surface area contributed by atoms with Crippen LogP contribution in [0.1, 0.15) is 41.6 Å². The molecule has 0 spiro atoms. The van der Waals surface area contributed by atoms with E-state index in [4.69, 9.17) is 4.74 Å². The maximum atomic E-state index is 12.9. The Hall–Kier alpha value is -3.28. The van der Waals surface area contributed by atoms with Crippen LogP contribution in [0.25, 0.3) is 5.76 Å². The van der Waals surface area contributed by atoms with Crippen LogP contribution in [0.4, 0.5) is 0 Å². The third kappa shape index (κ3) is 3.58. The monoisotopic (exact) mass is 395 g/mol. The standard InChI is InChI=1S/C23H25NO5/c1-5-9-24-19(15-7-6-8-16(25)12-15)18(21(27)23(24)28)20(26)17-11-13(2)10-14(3)22(17)29-4/h6-8,10-12,19,25-26H,5,9H2,1-4H3/b20-18+. The van der Waals surface area contributed by atoms with Crippen molar-refractivity contribution in [1.29, 1.82) is 0 Å². The first kappa shape index (κ1) is 20.5. The zero-order chi connectivity index (χ0) is 21.3. The van der Waals surface area contributed by atoms with Crippen molar-refractivity contribution in [2.45, 2.75) is 33.2 Å². The van der Waals surface area contributed by atoms with E-state index in [0.717, 1.165) is 11.1 Å². The number of aryl methyl sites for hydroxylation is 2. The average Bonchev–Trinajstić information content (AvgIpc) is 2.92. The van der Waals surface area contributed by atoms with Crippen molar-refractivity contribution in [1.82, 2.24) is 4.90 Å². The Labute approximate surface area is 170 Å². The van der Waals surface area contributed by atoms with Crippen molar-refractivity contribution in [2.24, 2.45) is 0 Å². The van der Waals surface area contributed by atoms with Crippen molar-refractivity contribution in [2.75, 3.05) is 13.7 Å². The third-order valence-corrected chi connectivity index (χ3v) is 5.07. The summed E-state index contributed by atoms with van der Waals surface area (Å²) in [6.07, 6.45) is 0.648. The number of Topliss-reactive ketones (excluding diaryl/α,β-unsaturated/α-hetero) is 1. The summed E-state index contributed by atoms with van der Waals surface area (Å²) in [7, 11) is 1.50. The van der Waals surface area contributed by atoms with E-state index in [1.54, 1.807) is 18.2 Å². The molecule has 1 heterocycles. The predicted octanol–water partition coefficient (Wildman–Crippen LogP) is 3.85. The molecule has 3 rings (SSSR count). The summed E-state index contributed by atoms with van der Waals surface area (Å²) in [5.74, 6) is -1.22.